The van der Waals surface area contributed by atoms with Crippen molar-refractivity contribution < 1.29 is 13.7 Å². The fraction of sp³-hybridized carbons (Fsp3) is 0.889. The van der Waals surface area contributed by atoms with Crippen molar-refractivity contribution in [1.82, 2.24) is 0 Å². The summed E-state index contributed by atoms with van der Waals surface area (Å²) in [6.07, 6.45) is 7.43. The first kappa shape index (κ1) is 19.1. The predicted octanol–water partition coefficient (Wildman–Crippen LogP) is 4.93. The van der Waals surface area contributed by atoms with Gasteiger partial charge < -0.3 is 4.12 Å². The second-order valence-electron chi connectivity index (χ2n) is 8.99. The van der Waals surface area contributed by atoms with Crippen LogP contribution >= 0.6 is 0 Å². The Morgan fingerprint density at radius 1 is 0.739 bits per heavy atom. The monoisotopic (exact) mass is 354 g/mol. The van der Waals surface area contributed by atoms with Gasteiger partial charge in [0.25, 0.3) is 0 Å². The lowest BCUT2D eigenvalue weighted by molar-refractivity contribution is -0.121. The third-order valence-corrected chi connectivity index (χ3v) is 13.0. The summed E-state index contributed by atoms with van der Waals surface area (Å²) < 4.78 is 6.79. The second kappa shape index (κ2) is 7.74. The molecule has 0 amide bonds. The molecule has 0 unspecified atom stereocenters. The molecule has 5 heteroatoms. The van der Waals surface area contributed by atoms with Gasteiger partial charge >= 0.3 is 0 Å². The molecule has 132 valence electrons. The zero-order valence-corrected chi connectivity index (χ0v) is 17.5. The Balaban J connectivity index is 1.82. The molecule has 0 saturated heterocycles. The highest BCUT2D eigenvalue weighted by atomic mass is 28.4. The normalized spacial score (nSPS) is 22.6. The molecular weight excluding hydrogens is 320 g/mol. The molecule has 0 aromatic heterocycles. The summed E-state index contributed by atoms with van der Waals surface area (Å²) in [5, 5.41) is 0. The Morgan fingerprint density at radius 3 is 1.35 bits per heavy atom. The summed E-state index contributed by atoms with van der Waals surface area (Å²) in [5.41, 5.74) is 0. The van der Waals surface area contributed by atoms with Gasteiger partial charge in [0.1, 0.15) is 11.6 Å². The maximum Gasteiger partial charge on any atom is 0.173 e. The molecule has 0 bridgehead atoms. The molecule has 2 saturated carbocycles. The van der Waals surface area contributed by atoms with Crippen molar-refractivity contribution in [3.63, 3.8) is 0 Å². The van der Waals surface area contributed by atoms with Crippen LogP contribution in [0.2, 0.25) is 38.3 Å². The van der Waals surface area contributed by atoms with Crippen LogP contribution in [0.15, 0.2) is 0 Å². The molecule has 0 heterocycles. The summed E-state index contributed by atoms with van der Waals surface area (Å²) in [5.74, 6) is 2.30. The van der Waals surface area contributed by atoms with Crippen LogP contribution in [0.25, 0.3) is 0 Å². The minimum atomic E-state index is -1.66. The van der Waals surface area contributed by atoms with Crippen molar-refractivity contribution in [2.75, 3.05) is 0 Å². The molecular formula is C18H34O3Si2. The smallest absolute Gasteiger partial charge is 0.173 e. The number of rotatable bonds is 6. The quantitative estimate of drug-likeness (QED) is 0.635. The lowest BCUT2D eigenvalue weighted by atomic mass is 9.90. The number of hydrogen-bond acceptors (Lipinski definition) is 3. The first-order chi connectivity index (χ1) is 10.7. The highest BCUT2D eigenvalue weighted by Crippen LogP contribution is 2.35. The van der Waals surface area contributed by atoms with E-state index in [9.17, 15) is 9.59 Å². The van der Waals surface area contributed by atoms with Crippen molar-refractivity contribution in [1.29, 1.82) is 0 Å². The number of carbonyl (C=O) groups excluding carboxylic acids is 2. The fourth-order valence-corrected chi connectivity index (χ4v) is 14.9. The van der Waals surface area contributed by atoms with Crippen LogP contribution in [0.3, 0.4) is 0 Å². The highest BCUT2D eigenvalue weighted by Gasteiger charge is 2.37. The maximum absolute atomic E-state index is 11.4. The highest BCUT2D eigenvalue weighted by molar-refractivity contribution is 6.84. The summed E-state index contributed by atoms with van der Waals surface area (Å²) in [6, 6.07) is 2.42. The number of Topliss-reactive ketones (excluding diaryl/α,β-unsaturated/α-hetero) is 2. The van der Waals surface area contributed by atoms with Crippen molar-refractivity contribution in [3.05, 3.63) is 0 Å². The average Bonchev–Trinajstić information content (AvgIpc) is 2.42. The summed E-state index contributed by atoms with van der Waals surface area (Å²) in [6.45, 7) is 9.45. The van der Waals surface area contributed by atoms with Crippen molar-refractivity contribution in [2.45, 2.75) is 89.6 Å². The van der Waals surface area contributed by atoms with E-state index in [1.807, 2.05) is 0 Å². The maximum atomic E-state index is 11.4. The van der Waals surface area contributed by atoms with E-state index in [0.29, 0.717) is 23.4 Å². The minimum absolute atomic E-state index is 0.447. The zero-order valence-electron chi connectivity index (χ0n) is 15.5. The zero-order chi connectivity index (χ0) is 17.1. The SMILES string of the molecule is C[Si](C)(CC1CCC(=O)CC1)O[Si](C)(C)CC1CCC(=O)CC1. The first-order valence-electron chi connectivity index (χ1n) is 9.39. The van der Waals surface area contributed by atoms with E-state index in [1.54, 1.807) is 0 Å². The van der Waals surface area contributed by atoms with Crippen molar-refractivity contribution in [3.8, 4) is 0 Å². The molecule has 0 aromatic carbocycles. The van der Waals surface area contributed by atoms with E-state index in [1.165, 1.54) is 12.1 Å². The summed E-state index contributed by atoms with van der Waals surface area (Å²) in [4.78, 5) is 22.8. The molecule has 0 aliphatic heterocycles. The van der Waals surface area contributed by atoms with Gasteiger partial charge in [0.2, 0.25) is 0 Å². The summed E-state index contributed by atoms with van der Waals surface area (Å²) in [7, 11) is -3.33. The Hall–Kier alpha value is -0.266. The van der Waals surface area contributed by atoms with Crippen molar-refractivity contribution in [2.24, 2.45) is 11.8 Å². The average molecular weight is 355 g/mol. The summed E-state index contributed by atoms with van der Waals surface area (Å²) >= 11 is 0. The van der Waals surface area contributed by atoms with E-state index in [0.717, 1.165) is 51.4 Å². The van der Waals surface area contributed by atoms with Crippen LogP contribution < -0.4 is 0 Å². The Kier molecular flexibility index (Phi) is 6.42. The Bertz CT molecular complexity index is 386. The van der Waals surface area contributed by atoms with Crippen LogP contribution in [0.5, 0.6) is 0 Å². The Labute approximate surface area is 143 Å². The molecule has 2 aliphatic carbocycles. The third-order valence-electron chi connectivity index (χ3n) is 5.44. The first-order valence-corrected chi connectivity index (χ1v) is 15.6. The van der Waals surface area contributed by atoms with Gasteiger partial charge in [-0.05, 0) is 75.8 Å². The van der Waals surface area contributed by atoms with Crippen LogP contribution in [0.4, 0.5) is 0 Å². The lowest BCUT2D eigenvalue weighted by Crippen LogP contribution is -2.46. The molecule has 23 heavy (non-hydrogen) atoms. The molecule has 0 atom stereocenters. The van der Waals surface area contributed by atoms with Gasteiger partial charge in [-0.2, -0.15) is 0 Å². The molecule has 3 nitrogen and oxygen atoms in total. The van der Waals surface area contributed by atoms with E-state index < -0.39 is 16.6 Å². The van der Waals surface area contributed by atoms with E-state index in [-0.39, 0.29) is 0 Å². The van der Waals surface area contributed by atoms with Gasteiger partial charge in [-0.15, -0.1) is 0 Å². The molecule has 0 N–H and O–H groups in total. The van der Waals surface area contributed by atoms with Gasteiger partial charge in [-0.3, -0.25) is 9.59 Å². The van der Waals surface area contributed by atoms with Gasteiger partial charge in [-0.1, -0.05) is 0 Å². The van der Waals surface area contributed by atoms with Crippen LogP contribution in [-0.4, -0.2) is 28.2 Å². The van der Waals surface area contributed by atoms with Gasteiger partial charge in [0.05, 0.1) is 0 Å². The Morgan fingerprint density at radius 2 is 1.04 bits per heavy atom. The van der Waals surface area contributed by atoms with Crippen LogP contribution in [0, 0.1) is 11.8 Å². The van der Waals surface area contributed by atoms with Crippen molar-refractivity contribution >= 4 is 28.2 Å². The number of ketones is 2. The molecule has 0 aromatic rings. The standard InChI is InChI=1S/C18H34O3Si2/c1-22(2,13-15-5-9-17(19)10-6-15)21-23(3,4)14-16-7-11-18(20)12-8-16/h15-16H,5-14H2,1-4H3. The van der Waals surface area contributed by atoms with Crippen LogP contribution in [0.1, 0.15) is 51.4 Å². The molecule has 2 fully saturated rings. The largest absolute Gasteiger partial charge is 0.455 e. The molecule has 2 rings (SSSR count). The second-order valence-corrected chi connectivity index (χ2v) is 17.7. The topological polar surface area (TPSA) is 43.4 Å². The van der Waals surface area contributed by atoms with Gasteiger partial charge in [0.15, 0.2) is 16.6 Å². The number of hydrogen-bond donors (Lipinski definition) is 0. The third kappa shape index (κ3) is 6.63. The van der Waals surface area contributed by atoms with Gasteiger partial charge in [0, 0.05) is 25.7 Å². The predicted molar refractivity (Wildman–Crippen MR) is 99.6 cm³/mol. The lowest BCUT2D eigenvalue weighted by Gasteiger charge is -2.39. The molecule has 0 spiro atoms. The molecule has 2 aliphatic rings. The number of carbonyl (C=O) groups is 2. The fourth-order valence-electron chi connectivity index (χ4n) is 4.63. The van der Waals surface area contributed by atoms with E-state index in [2.05, 4.69) is 26.2 Å². The minimum Gasteiger partial charge on any atom is -0.455 e. The van der Waals surface area contributed by atoms with E-state index >= 15 is 0 Å². The van der Waals surface area contributed by atoms with Gasteiger partial charge in [-0.25, -0.2) is 0 Å². The van der Waals surface area contributed by atoms with Crippen LogP contribution in [-0.2, 0) is 13.7 Å². The molecule has 0 radical (unpaired) electrons. The van der Waals surface area contributed by atoms with E-state index in [4.69, 9.17) is 4.12 Å².